The topological polar surface area (TPSA) is 93.6 Å². The second kappa shape index (κ2) is 6.14. The van der Waals surface area contributed by atoms with E-state index in [0.29, 0.717) is 25.1 Å². The van der Waals surface area contributed by atoms with Crippen molar-refractivity contribution in [2.45, 2.75) is 26.0 Å². The molecule has 6 heteroatoms. The lowest BCUT2D eigenvalue weighted by atomic mass is 9.94. The van der Waals surface area contributed by atoms with Crippen LogP contribution in [-0.4, -0.2) is 45.3 Å². The molecule has 0 radical (unpaired) electrons. The Morgan fingerprint density at radius 1 is 1.39 bits per heavy atom. The summed E-state index contributed by atoms with van der Waals surface area (Å²) in [6, 6.07) is 7.74. The number of aliphatic hydroxyl groups is 1. The molecule has 1 aromatic carbocycles. The zero-order valence-corrected chi connectivity index (χ0v) is 13.0. The molecule has 1 fully saturated rings. The fourth-order valence-corrected chi connectivity index (χ4v) is 3.11. The van der Waals surface area contributed by atoms with Crippen LogP contribution in [0.25, 0.3) is 10.9 Å². The van der Waals surface area contributed by atoms with E-state index in [0.717, 1.165) is 16.5 Å². The van der Waals surface area contributed by atoms with Gasteiger partial charge in [0.1, 0.15) is 0 Å². The molecule has 3 N–H and O–H groups in total. The van der Waals surface area contributed by atoms with E-state index >= 15 is 0 Å². The van der Waals surface area contributed by atoms with Gasteiger partial charge < -0.3 is 15.2 Å². The number of benzene rings is 1. The molecule has 3 rings (SSSR count). The number of H-pyrrole nitrogens is 1. The molecule has 0 amide bonds. The molecule has 0 spiro atoms. The van der Waals surface area contributed by atoms with Crippen molar-refractivity contribution in [3.63, 3.8) is 0 Å². The average Bonchev–Trinajstić information content (AvgIpc) is 2.50. The summed E-state index contributed by atoms with van der Waals surface area (Å²) in [6.07, 6.45) is -0.414. The Morgan fingerprint density at radius 2 is 2.17 bits per heavy atom. The summed E-state index contributed by atoms with van der Waals surface area (Å²) in [5.41, 5.74) is 2.34. The number of aromatic nitrogens is 1. The first-order chi connectivity index (χ1) is 10.9. The number of aromatic amines is 1. The number of aryl methyl sites for hydroxylation is 1. The molecule has 6 nitrogen and oxygen atoms in total. The SMILES string of the molecule is Cc1ccc2cc(CN3CC[C@H](O)[C@H](C(=O)O)C3)c(=O)[nH]c2c1. The van der Waals surface area contributed by atoms with Gasteiger partial charge in [0.05, 0.1) is 12.0 Å². The van der Waals surface area contributed by atoms with Gasteiger partial charge in [-0.15, -0.1) is 0 Å². The van der Waals surface area contributed by atoms with Gasteiger partial charge in [0.25, 0.3) is 5.56 Å². The van der Waals surface area contributed by atoms with Gasteiger partial charge in [-0.25, -0.2) is 0 Å². The fourth-order valence-electron chi connectivity index (χ4n) is 3.11. The maximum absolute atomic E-state index is 12.2. The number of rotatable bonds is 3. The number of hydrogen-bond donors (Lipinski definition) is 3. The Balaban J connectivity index is 1.84. The van der Waals surface area contributed by atoms with Gasteiger partial charge >= 0.3 is 5.97 Å². The van der Waals surface area contributed by atoms with Crippen LogP contribution < -0.4 is 5.56 Å². The van der Waals surface area contributed by atoms with Crippen LogP contribution in [0.15, 0.2) is 29.1 Å². The quantitative estimate of drug-likeness (QED) is 0.788. The molecular formula is C17H20N2O4. The first kappa shape index (κ1) is 15.7. The fraction of sp³-hybridized carbons (Fsp3) is 0.412. The number of piperidine rings is 1. The third-order valence-corrected chi connectivity index (χ3v) is 4.45. The smallest absolute Gasteiger partial charge is 0.310 e. The normalized spacial score (nSPS) is 22.3. The highest BCUT2D eigenvalue weighted by Gasteiger charge is 2.33. The van der Waals surface area contributed by atoms with Crippen LogP contribution in [0.4, 0.5) is 0 Å². The molecule has 0 saturated carbocycles. The second-order valence-corrected chi connectivity index (χ2v) is 6.25. The van der Waals surface area contributed by atoms with Crippen molar-refractivity contribution >= 4 is 16.9 Å². The lowest BCUT2D eigenvalue weighted by Gasteiger charge is -2.33. The highest BCUT2D eigenvalue weighted by Crippen LogP contribution is 2.20. The number of likely N-dealkylation sites (tertiary alicyclic amines) is 1. The molecule has 1 aromatic heterocycles. The highest BCUT2D eigenvalue weighted by molar-refractivity contribution is 5.79. The maximum atomic E-state index is 12.2. The Kier molecular flexibility index (Phi) is 4.19. The van der Waals surface area contributed by atoms with E-state index in [-0.39, 0.29) is 12.1 Å². The number of pyridine rings is 1. The largest absolute Gasteiger partial charge is 0.481 e. The number of carbonyl (C=O) groups is 1. The van der Waals surface area contributed by atoms with Gasteiger partial charge in [-0.05, 0) is 36.4 Å². The van der Waals surface area contributed by atoms with E-state index in [1.54, 1.807) is 0 Å². The minimum absolute atomic E-state index is 0.152. The summed E-state index contributed by atoms with van der Waals surface area (Å²) < 4.78 is 0. The maximum Gasteiger partial charge on any atom is 0.310 e. The Bertz CT molecular complexity index is 799. The number of nitrogens with one attached hydrogen (secondary N) is 1. The molecule has 0 bridgehead atoms. The lowest BCUT2D eigenvalue weighted by molar-refractivity contribution is -0.149. The third-order valence-electron chi connectivity index (χ3n) is 4.45. The van der Waals surface area contributed by atoms with Crippen LogP contribution in [0.1, 0.15) is 17.5 Å². The number of aliphatic hydroxyl groups excluding tert-OH is 1. The van der Waals surface area contributed by atoms with Crippen molar-refractivity contribution in [3.05, 3.63) is 45.7 Å². The minimum Gasteiger partial charge on any atom is -0.481 e. The number of carboxylic acid groups (broad SMARTS) is 1. The van der Waals surface area contributed by atoms with E-state index in [2.05, 4.69) is 4.98 Å². The van der Waals surface area contributed by atoms with Gasteiger partial charge in [0.2, 0.25) is 0 Å². The standard InChI is InChI=1S/C17H20N2O4/c1-10-2-3-11-7-12(16(21)18-14(11)6-10)8-19-5-4-15(20)13(9-19)17(22)23/h2-3,6-7,13,15,20H,4-5,8-9H2,1H3,(H,18,21)(H,22,23)/t13-,15+/m1/s1. The van der Waals surface area contributed by atoms with Crippen LogP contribution in [0, 0.1) is 12.8 Å². The number of hydrogen-bond acceptors (Lipinski definition) is 4. The zero-order valence-electron chi connectivity index (χ0n) is 13.0. The van der Waals surface area contributed by atoms with Crippen molar-refractivity contribution in [1.29, 1.82) is 0 Å². The Morgan fingerprint density at radius 3 is 2.91 bits per heavy atom. The van der Waals surface area contributed by atoms with Crippen LogP contribution in [0.5, 0.6) is 0 Å². The molecule has 0 unspecified atom stereocenters. The monoisotopic (exact) mass is 316 g/mol. The van der Waals surface area contributed by atoms with Gasteiger partial charge in [-0.2, -0.15) is 0 Å². The predicted octanol–water partition coefficient (Wildman–Crippen LogP) is 1.10. The summed E-state index contributed by atoms with van der Waals surface area (Å²) in [5.74, 6) is -1.80. The second-order valence-electron chi connectivity index (χ2n) is 6.25. The van der Waals surface area contributed by atoms with Gasteiger partial charge in [0.15, 0.2) is 0 Å². The molecule has 0 aliphatic carbocycles. The number of nitrogens with zero attached hydrogens (tertiary/aromatic N) is 1. The predicted molar refractivity (Wildman–Crippen MR) is 86.3 cm³/mol. The minimum atomic E-state index is -0.995. The van der Waals surface area contributed by atoms with E-state index < -0.39 is 18.0 Å². The summed E-state index contributed by atoms with van der Waals surface area (Å²) in [5, 5.41) is 19.9. The van der Waals surface area contributed by atoms with Crippen LogP contribution in [-0.2, 0) is 11.3 Å². The molecule has 2 aromatic rings. The van der Waals surface area contributed by atoms with Crippen LogP contribution in [0.3, 0.4) is 0 Å². The molecular weight excluding hydrogens is 296 g/mol. The Labute approximate surface area is 133 Å². The Hall–Kier alpha value is -2.18. The van der Waals surface area contributed by atoms with Gasteiger partial charge in [-0.3, -0.25) is 14.5 Å². The number of fused-ring (bicyclic) bond motifs is 1. The average molecular weight is 316 g/mol. The van der Waals surface area contributed by atoms with Gasteiger partial charge in [-0.1, -0.05) is 12.1 Å². The third kappa shape index (κ3) is 3.28. The first-order valence-corrected chi connectivity index (χ1v) is 7.70. The van der Waals surface area contributed by atoms with E-state index in [1.807, 2.05) is 36.1 Å². The molecule has 2 heterocycles. The van der Waals surface area contributed by atoms with Crippen LogP contribution in [0.2, 0.25) is 0 Å². The van der Waals surface area contributed by atoms with Crippen LogP contribution >= 0.6 is 0 Å². The molecule has 2 atom stereocenters. The number of carboxylic acids is 1. The van der Waals surface area contributed by atoms with Crippen molar-refractivity contribution in [2.24, 2.45) is 5.92 Å². The summed E-state index contributed by atoms with van der Waals surface area (Å²) in [4.78, 5) is 28.2. The summed E-state index contributed by atoms with van der Waals surface area (Å²) >= 11 is 0. The molecule has 1 saturated heterocycles. The molecule has 1 aliphatic heterocycles. The number of aliphatic carboxylic acids is 1. The van der Waals surface area contributed by atoms with Gasteiger partial charge in [0, 0.05) is 30.7 Å². The summed E-state index contributed by atoms with van der Waals surface area (Å²) in [6.45, 7) is 3.19. The molecule has 122 valence electrons. The van der Waals surface area contributed by atoms with Crippen molar-refractivity contribution in [1.82, 2.24) is 9.88 Å². The lowest BCUT2D eigenvalue weighted by Crippen LogP contribution is -2.46. The van der Waals surface area contributed by atoms with E-state index in [1.165, 1.54) is 0 Å². The zero-order chi connectivity index (χ0) is 16.6. The van der Waals surface area contributed by atoms with Crippen molar-refractivity contribution in [2.75, 3.05) is 13.1 Å². The van der Waals surface area contributed by atoms with E-state index in [4.69, 9.17) is 5.11 Å². The van der Waals surface area contributed by atoms with Crippen molar-refractivity contribution in [3.8, 4) is 0 Å². The van der Waals surface area contributed by atoms with E-state index in [9.17, 15) is 14.7 Å². The highest BCUT2D eigenvalue weighted by atomic mass is 16.4. The molecule has 23 heavy (non-hydrogen) atoms. The van der Waals surface area contributed by atoms with Crippen molar-refractivity contribution < 1.29 is 15.0 Å². The molecule has 1 aliphatic rings. The summed E-state index contributed by atoms with van der Waals surface area (Å²) in [7, 11) is 0. The first-order valence-electron chi connectivity index (χ1n) is 7.70.